The Morgan fingerprint density at radius 1 is 1.08 bits per heavy atom. The number of para-hydroxylation sites is 1. The standard InChI is InChI=1S/C28H27F3N2OS2/c1-27(2,3)18-12-13-21-22(15-18)36-24-23(21)25(34)33(20-10-5-4-6-11-20)26(32-24)35-16-17-8-7-9-19(14-17)28(29,30)31/h4-11,14,18H,12-13,15-16H2,1-3H3/t18-/m0/s1. The molecule has 0 N–H and O–H groups in total. The Morgan fingerprint density at radius 3 is 2.53 bits per heavy atom. The molecule has 1 atom stereocenters. The normalized spacial score (nSPS) is 16.3. The van der Waals surface area contributed by atoms with Crippen molar-refractivity contribution in [1.82, 2.24) is 9.55 Å². The van der Waals surface area contributed by atoms with Gasteiger partial charge < -0.3 is 0 Å². The minimum Gasteiger partial charge on any atom is -0.268 e. The number of halogens is 3. The maximum atomic E-state index is 13.9. The molecule has 0 fully saturated rings. The molecule has 188 valence electrons. The highest BCUT2D eigenvalue weighted by Crippen LogP contribution is 2.42. The Kier molecular flexibility index (Phi) is 6.53. The Balaban J connectivity index is 1.58. The van der Waals surface area contributed by atoms with Crippen molar-refractivity contribution >= 4 is 33.3 Å². The van der Waals surface area contributed by atoms with Crippen LogP contribution in [-0.4, -0.2) is 9.55 Å². The van der Waals surface area contributed by atoms with Crippen LogP contribution >= 0.6 is 23.1 Å². The monoisotopic (exact) mass is 528 g/mol. The lowest BCUT2D eigenvalue weighted by Gasteiger charge is -2.33. The van der Waals surface area contributed by atoms with Gasteiger partial charge in [0.25, 0.3) is 5.56 Å². The molecular formula is C28H27F3N2OS2. The second-order valence-corrected chi connectivity index (χ2v) is 12.4. The van der Waals surface area contributed by atoms with Crippen LogP contribution in [0.5, 0.6) is 0 Å². The summed E-state index contributed by atoms with van der Waals surface area (Å²) in [6.45, 7) is 6.79. The molecule has 1 aliphatic rings. The molecule has 0 saturated heterocycles. The van der Waals surface area contributed by atoms with Gasteiger partial charge in [0.05, 0.1) is 16.6 Å². The number of fused-ring (bicyclic) bond motifs is 3. The number of nitrogens with zero attached hydrogens (tertiary/aromatic N) is 2. The minimum absolute atomic E-state index is 0.107. The number of thioether (sulfide) groups is 1. The van der Waals surface area contributed by atoms with Crippen LogP contribution in [0.15, 0.2) is 64.5 Å². The summed E-state index contributed by atoms with van der Waals surface area (Å²) in [5.74, 6) is 0.815. The molecule has 3 nitrogen and oxygen atoms in total. The molecule has 0 bridgehead atoms. The smallest absolute Gasteiger partial charge is 0.268 e. The third kappa shape index (κ3) is 4.85. The molecule has 36 heavy (non-hydrogen) atoms. The molecular weight excluding hydrogens is 501 g/mol. The largest absolute Gasteiger partial charge is 0.416 e. The number of aromatic nitrogens is 2. The van der Waals surface area contributed by atoms with Crippen LogP contribution in [0.25, 0.3) is 15.9 Å². The molecule has 0 saturated carbocycles. The summed E-state index contributed by atoms with van der Waals surface area (Å²) in [7, 11) is 0. The van der Waals surface area contributed by atoms with Crippen LogP contribution < -0.4 is 5.56 Å². The molecule has 0 aliphatic heterocycles. The van der Waals surface area contributed by atoms with Crippen molar-refractivity contribution < 1.29 is 13.2 Å². The van der Waals surface area contributed by atoms with Gasteiger partial charge in [0.1, 0.15) is 4.83 Å². The average Bonchev–Trinajstić information content (AvgIpc) is 3.20. The van der Waals surface area contributed by atoms with E-state index in [0.29, 0.717) is 27.7 Å². The van der Waals surface area contributed by atoms with Gasteiger partial charge in [-0.3, -0.25) is 9.36 Å². The van der Waals surface area contributed by atoms with E-state index >= 15 is 0 Å². The van der Waals surface area contributed by atoms with Crippen LogP contribution in [0.2, 0.25) is 0 Å². The number of hydrogen-bond donors (Lipinski definition) is 0. The van der Waals surface area contributed by atoms with Crippen molar-refractivity contribution in [2.45, 2.75) is 57.1 Å². The summed E-state index contributed by atoms with van der Waals surface area (Å²) in [5.41, 5.74) is 1.76. The topological polar surface area (TPSA) is 34.9 Å². The first-order chi connectivity index (χ1) is 17.0. The predicted molar refractivity (Wildman–Crippen MR) is 141 cm³/mol. The van der Waals surface area contributed by atoms with Crippen molar-refractivity contribution in [1.29, 1.82) is 0 Å². The van der Waals surface area contributed by atoms with E-state index in [2.05, 4.69) is 20.8 Å². The zero-order valence-electron chi connectivity index (χ0n) is 20.4. The highest BCUT2D eigenvalue weighted by Gasteiger charge is 2.33. The van der Waals surface area contributed by atoms with E-state index in [1.165, 1.54) is 22.7 Å². The van der Waals surface area contributed by atoms with Crippen LogP contribution in [0.1, 0.15) is 48.8 Å². The lowest BCUT2D eigenvalue weighted by Crippen LogP contribution is -2.27. The number of rotatable bonds is 4. The third-order valence-corrected chi connectivity index (χ3v) is 9.07. The van der Waals surface area contributed by atoms with Gasteiger partial charge in [-0.05, 0) is 59.9 Å². The zero-order chi connectivity index (χ0) is 25.7. The number of alkyl halides is 3. The first kappa shape index (κ1) is 25.1. The second kappa shape index (κ2) is 9.38. The first-order valence-electron chi connectivity index (χ1n) is 11.9. The molecule has 2 aromatic carbocycles. The number of aryl methyl sites for hydroxylation is 1. The quantitative estimate of drug-likeness (QED) is 0.199. The van der Waals surface area contributed by atoms with E-state index in [9.17, 15) is 18.0 Å². The third-order valence-electron chi connectivity index (χ3n) is 6.91. The molecule has 0 radical (unpaired) electrons. The van der Waals surface area contributed by atoms with E-state index in [4.69, 9.17) is 4.98 Å². The Hall–Kier alpha value is -2.58. The van der Waals surface area contributed by atoms with Gasteiger partial charge in [-0.15, -0.1) is 11.3 Å². The van der Waals surface area contributed by atoms with Crippen molar-refractivity contribution in [3.8, 4) is 5.69 Å². The molecule has 4 aromatic rings. The Bertz CT molecular complexity index is 1470. The second-order valence-electron chi connectivity index (χ2n) is 10.3. The summed E-state index contributed by atoms with van der Waals surface area (Å²) in [4.78, 5) is 20.8. The van der Waals surface area contributed by atoms with Gasteiger partial charge in [0, 0.05) is 10.6 Å². The predicted octanol–water partition coefficient (Wildman–Crippen LogP) is 7.91. The van der Waals surface area contributed by atoms with Gasteiger partial charge in [-0.25, -0.2) is 4.98 Å². The fourth-order valence-electron chi connectivity index (χ4n) is 4.83. The van der Waals surface area contributed by atoms with Gasteiger partial charge in [-0.1, -0.05) is 68.9 Å². The highest BCUT2D eigenvalue weighted by atomic mass is 32.2. The molecule has 5 rings (SSSR count). The lowest BCUT2D eigenvalue weighted by molar-refractivity contribution is -0.137. The lowest BCUT2D eigenvalue weighted by atomic mass is 9.72. The molecule has 8 heteroatoms. The van der Waals surface area contributed by atoms with Crippen LogP contribution in [-0.2, 0) is 24.8 Å². The molecule has 0 unspecified atom stereocenters. The Labute approximate surface area is 216 Å². The van der Waals surface area contributed by atoms with Gasteiger partial charge in [0.15, 0.2) is 5.16 Å². The molecule has 2 aromatic heterocycles. The van der Waals surface area contributed by atoms with Gasteiger partial charge >= 0.3 is 6.18 Å². The van der Waals surface area contributed by atoms with Gasteiger partial charge in [-0.2, -0.15) is 13.2 Å². The maximum Gasteiger partial charge on any atom is 0.416 e. The summed E-state index contributed by atoms with van der Waals surface area (Å²) in [6.07, 6.45) is -1.55. The molecule has 2 heterocycles. The number of hydrogen-bond acceptors (Lipinski definition) is 4. The Morgan fingerprint density at radius 2 is 1.83 bits per heavy atom. The molecule has 0 spiro atoms. The molecule has 1 aliphatic carbocycles. The van der Waals surface area contributed by atoms with E-state index in [1.807, 2.05) is 30.3 Å². The SMILES string of the molecule is CC(C)(C)[C@H]1CCc2c(sc3nc(SCc4cccc(C(F)(F)F)c4)n(-c4ccccc4)c(=O)c23)C1. The molecule has 0 amide bonds. The van der Waals surface area contributed by atoms with Gasteiger partial charge in [0.2, 0.25) is 0 Å². The fraction of sp³-hybridized carbons (Fsp3) is 0.357. The minimum atomic E-state index is -4.40. The summed E-state index contributed by atoms with van der Waals surface area (Å²) in [5, 5.41) is 1.18. The van der Waals surface area contributed by atoms with Crippen molar-refractivity contribution in [3.05, 3.63) is 86.5 Å². The number of thiophene rings is 1. The van der Waals surface area contributed by atoms with Crippen LogP contribution in [0.4, 0.5) is 13.2 Å². The van der Waals surface area contributed by atoms with Crippen LogP contribution in [0, 0.1) is 11.3 Å². The van der Waals surface area contributed by atoms with E-state index in [0.717, 1.165) is 41.8 Å². The maximum absolute atomic E-state index is 13.9. The van der Waals surface area contributed by atoms with Crippen molar-refractivity contribution in [3.63, 3.8) is 0 Å². The highest BCUT2D eigenvalue weighted by molar-refractivity contribution is 7.98. The first-order valence-corrected chi connectivity index (χ1v) is 13.7. The fourth-order valence-corrected chi connectivity index (χ4v) is 7.13. The average molecular weight is 529 g/mol. The van der Waals surface area contributed by atoms with E-state index in [1.54, 1.807) is 22.0 Å². The van der Waals surface area contributed by atoms with E-state index < -0.39 is 11.7 Å². The van der Waals surface area contributed by atoms with Crippen molar-refractivity contribution in [2.24, 2.45) is 11.3 Å². The van der Waals surface area contributed by atoms with Crippen molar-refractivity contribution in [2.75, 3.05) is 0 Å². The number of benzene rings is 2. The van der Waals surface area contributed by atoms with Crippen LogP contribution in [0.3, 0.4) is 0 Å². The van der Waals surface area contributed by atoms with E-state index in [-0.39, 0.29) is 16.7 Å². The zero-order valence-corrected chi connectivity index (χ0v) is 22.0. The summed E-state index contributed by atoms with van der Waals surface area (Å²) in [6, 6.07) is 14.6. The summed E-state index contributed by atoms with van der Waals surface area (Å²) >= 11 is 2.88. The summed E-state index contributed by atoms with van der Waals surface area (Å²) < 4.78 is 41.2.